The molecule has 4 N–H and O–H groups in total. The third-order valence-corrected chi connectivity index (χ3v) is 5.59. The van der Waals surface area contributed by atoms with Gasteiger partial charge in [0.2, 0.25) is 17.8 Å². The van der Waals surface area contributed by atoms with E-state index in [1.807, 2.05) is 18.2 Å². The molecule has 35 heavy (non-hydrogen) atoms. The number of hydrogen-bond acceptors (Lipinski definition) is 7. The highest BCUT2D eigenvalue weighted by Crippen LogP contribution is 2.28. The molecule has 0 spiro atoms. The van der Waals surface area contributed by atoms with Gasteiger partial charge in [-0.25, -0.2) is 0 Å². The molecule has 0 aliphatic carbocycles. The van der Waals surface area contributed by atoms with Crippen LogP contribution in [0.1, 0.15) is 34.6 Å². The molecular weight excluding hydrogens is 452 g/mol. The molecule has 11 nitrogen and oxygen atoms in total. The van der Waals surface area contributed by atoms with Crippen molar-refractivity contribution in [2.75, 3.05) is 24.9 Å². The van der Waals surface area contributed by atoms with Crippen LogP contribution in [0.5, 0.6) is 11.5 Å². The molecule has 4 rings (SSSR count). The minimum absolute atomic E-state index is 0.00419. The molecule has 0 saturated heterocycles. The minimum atomic E-state index is -0.829. The number of nitrogens with one attached hydrogen (secondary N) is 4. The van der Waals surface area contributed by atoms with Crippen molar-refractivity contribution in [2.24, 2.45) is 0 Å². The Hall–Kier alpha value is -4.41. The summed E-state index contributed by atoms with van der Waals surface area (Å²) in [5, 5.41) is 14.9. The fourth-order valence-corrected chi connectivity index (χ4v) is 3.74. The molecule has 182 valence electrons. The van der Waals surface area contributed by atoms with Gasteiger partial charge in [0.1, 0.15) is 11.9 Å². The van der Waals surface area contributed by atoms with Gasteiger partial charge in [-0.15, -0.1) is 5.10 Å². The molecule has 1 aliphatic rings. The van der Waals surface area contributed by atoms with Gasteiger partial charge in [0.25, 0.3) is 5.91 Å². The van der Waals surface area contributed by atoms with Gasteiger partial charge in [0.05, 0.1) is 25.5 Å². The van der Waals surface area contributed by atoms with E-state index in [4.69, 9.17) is 9.47 Å². The molecule has 0 unspecified atom stereocenters. The van der Waals surface area contributed by atoms with E-state index < -0.39 is 6.04 Å². The number of methoxy groups -OCH3 is 2. The van der Waals surface area contributed by atoms with Gasteiger partial charge in [0.15, 0.2) is 11.5 Å². The van der Waals surface area contributed by atoms with E-state index in [0.717, 1.165) is 5.56 Å². The summed E-state index contributed by atoms with van der Waals surface area (Å²) >= 11 is 0. The van der Waals surface area contributed by atoms with Gasteiger partial charge in [-0.3, -0.25) is 24.8 Å². The molecule has 11 heteroatoms. The van der Waals surface area contributed by atoms with Crippen LogP contribution >= 0.6 is 0 Å². The SMILES string of the molecule is COc1ccc(CCc2nc(NC(=O)CC[C@@H]3NC(=O)c4ccccc4NC3=O)n[nH]2)cc1OC. The Kier molecular flexibility index (Phi) is 7.24. The smallest absolute Gasteiger partial charge is 0.254 e. The van der Waals surface area contributed by atoms with Crippen molar-refractivity contribution in [2.45, 2.75) is 31.7 Å². The number of benzene rings is 2. The van der Waals surface area contributed by atoms with Crippen LogP contribution in [0, 0.1) is 0 Å². The lowest BCUT2D eigenvalue weighted by Gasteiger charge is -2.13. The lowest BCUT2D eigenvalue weighted by atomic mass is 10.1. The van der Waals surface area contributed by atoms with Gasteiger partial charge in [-0.2, -0.15) is 4.98 Å². The van der Waals surface area contributed by atoms with Crippen molar-refractivity contribution in [3.05, 3.63) is 59.4 Å². The Balaban J connectivity index is 1.27. The van der Waals surface area contributed by atoms with E-state index >= 15 is 0 Å². The highest BCUT2D eigenvalue weighted by atomic mass is 16.5. The van der Waals surface area contributed by atoms with Gasteiger partial charge >= 0.3 is 0 Å². The number of rotatable bonds is 9. The number of fused-ring (bicyclic) bond motifs is 1. The minimum Gasteiger partial charge on any atom is -0.493 e. The average Bonchev–Trinajstić information content (AvgIpc) is 3.27. The number of H-pyrrole nitrogens is 1. The Morgan fingerprint density at radius 2 is 1.86 bits per heavy atom. The summed E-state index contributed by atoms with van der Waals surface area (Å²) in [4.78, 5) is 41.5. The summed E-state index contributed by atoms with van der Waals surface area (Å²) < 4.78 is 10.6. The zero-order chi connectivity index (χ0) is 24.8. The lowest BCUT2D eigenvalue weighted by Crippen LogP contribution is -2.41. The average molecular weight is 479 g/mol. The molecule has 2 heterocycles. The standard InChI is InChI=1S/C24H26N6O5/c1-34-18-10-7-14(13-19(18)35-2)8-11-20-27-24(30-29-20)28-21(31)12-9-17-23(33)25-16-6-4-3-5-15(16)22(32)26-17/h3-7,10,13,17H,8-9,11-12H2,1-2H3,(H,25,33)(H,26,32)(H2,27,28,29,30,31)/t17-/m0/s1. The van der Waals surface area contributed by atoms with E-state index in [-0.39, 0.29) is 36.5 Å². The number of aryl methyl sites for hydroxylation is 2. The van der Waals surface area contributed by atoms with Gasteiger partial charge in [0, 0.05) is 12.8 Å². The Bertz CT molecular complexity index is 1240. The summed E-state index contributed by atoms with van der Waals surface area (Å²) in [7, 11) is 3.17. The highest BCUT2D eigenvalue weighted by molar-refractivity contribution is 6.09. The Morgan fingerprint density at radius 3 is 2.66 bits per heavy atom. The van der Waals surface area contributed by atoms with E-state index in [1.54, 1.807) is 38.5 Å². The fraction of sp³-hybridized carbons (Fsp3) is 0.292. The molecule has 1 aromatic heterocycles. The molecule has 0 bridgehead atoms. The van der Waals surface area contributed by atoms with Crippen LogP contribution in [0.25, 0.3) is 0 Å². The number of anilines is 2. The van der Waals surface area contributed by atoms with Crippen molar-refractivity contribution >= 4 is 29.4 Å². The second-order valence-electron chi connectivity index (χ2n) is 7.94. The van der Waals surface area contributed by atoms with Gasteiger partial charge in [-0.05, 0) is 42.7 Å². The van der Waals surface area contributed by atoms with Crippen molar-refractivity contribution < 1.29 is 23.9 Å². The van der Waals surface area contributed by atoms with Gasteiger partial charge < -0.3 is 20.1 Å². The first kappa shape index (κ1) is 23.7. The quantitative estimate of drug-likeness (QED) is 0.368. The topological polar surface area (TPSA) is 147 Å². The zero-order valence-electron chi connectivity index (χ0n) is 19.4. The number of hydrogen-bond donors (Lipinski definition) is 4. The molecule has 2 aromatic carbocycles. The maximum atomic E-state index is 12.5. The van der Waals surface area contributed by atoms with Crippen LogP contribution in [0.3, 0.4) is 0 Å². The van der Waals surface area contributed by atoms with Crippen molar-refractivity contribution in [3.63, 3.8) is 0 Å². The summed E-state index contributed by atoms with van der Waals surface area (Å²) in [6, 6.07) is 11.6. The number of para-hydroxylation sites is 1. The first-order valence-corrected chi connectivity index (χ1v) is 11.1. The van der Waals surface area contributed by atoms with Crippen LogP contribution < -0.4 is 25.4 Å². The van der Waals surface area contributed by atoms with E-state index in [9.17, 15) is 14.4 Å². The zero-order valence-corrected chi connectivity index (χ0v) is 19.4. The summed E-state index contributed by atoms with van der Waals surface area (Å²) in [6.45, 7) is 0. The predicted octanol–water partition coefficient (Wildman–Crippen LogP) is 2.08. The van der Waals surface area contributed by atoms with Crippen LogP contribution in [-0.4, -0.2) is 53.2 Å². The Labute approximate surface area is 201 Å². The molecule has 3 aromatic rings. The molecule has 1 atom stereocenters. The van der Waals surface area contributed by atoms with E-state index in [1.165, 1.54) is 0 Å². The lowest BCUT2D eigenvalue weighted by molar-refractivity contribution is -0.118. The van der Waals surface area contributed by atoms with Crippen LogP contribution in [0.15, 0.2) is 42.5 Å². The number of aromatic amines is 1. The largest absolute Gasteiger partial charge is 0.493 e. The molecule has 0 fully saturated rings. The van der Waals surface area contributed by atoms with Crippen molar-refractivity contribution in [1.82, 2.24) is 20.5 Å². The molecule has 0 radical (unpaired) electrons. The maximum Gasteiger partial charge on any atom is 0.254 e. The first-order chi connectivity index (χ1) is 17.0. The normalized spacial score (nSPS) is 14.9. The van der Waals surface area contributed by atoms with Crippen molar-refractivity contribution in [1.29, 1.82) is 0 Å². The number of nitrogens with zero attached hydrogens (tertiary/aromatic N) is 2. The second-order valence-corrected chi connectivity index (χ2v) is 7.94. The van der Waals surface area contributed by atoms with Crippen molar-refractivity contribution in [3.8, 4) is 11.5 Å². The monoisotopic (exact) mass is 478 g/mol. The fourth-order valence-electron chi connectivity index (χ4n) is 3.74. The molecule has 0 saturated carbocycles. The Morgan fingerprint density at radius 1 is 1.06 bits per heavy atom. The second kappa shape index (κ2) is 10.7. The number of carbonyl (C=O) groups excluding carboxylic acids is 3. The molecule has 1 aliphatic heterocycles. The third-order valence-electron chi connectivity index (χ3n) is 5.59. The molecular formula is C24H26N6O5. The maximum absolute atomic E-state index is 12.5. The third kappa shape index (κ3) is 5.75. The van der Waals surface area contributed by atoms with E-state index in [0.29, 0.717) is 41.4 Å². The van der Waals surface area contributed by atoms with Crippen LogP contribution in [0.4, 0.5) is 11.6 Å². The molecule has 3 amide bonds. The number of amides is 3. The van der Waals surface area contributed by atoms with E-state index in [2.05, 4.69) is 31.1 Å². The van der Waals surface area contributed by atoms with Crippen LogP contribution in [0.2, 0.25) is 0 Å². The number of aromatic nitrogens is 3. The summed E-state index contributed by atoms with van der Waals surface area (Å²) in [5.74, 6) is 0.981. The summed E-state index contributed by atoms with van der Waals surface area (Å²) in [6.07, 6.45) is 1.40. The summed E-state index contributed by atoms with van der Waals surface area (Å²) in [5.41, 5.74) is 1.87. The predicted molar refractivity (Wildman–Crippen MR) is 128 cm³/mol. The highest BCUT2D eigenvalue weighted by Gasteiger charge is 2.28. The first-order valence-electron chi connectivity index (χ1n) is 11.1. The van der Waals surface area contributed by atoms with Crippen LogP contribution in [-0.2, 0) is 22.4 Å². The number of carbonyl (C=O) groups is 3. The number of ether oxygens (including phenoxy) is 2. The van der Waals surface area contributed by atoms with Gasteiger partial charge in [-0.1, -0.05) is 18.2 Å².